The molecule has 0 amide bonds. The van der Waals surface area contributed by atoms with Crippen molar-refractivity contribution in [1.29, 1.82) is 5.26 Å². The number of hydrogen-bond acceptors (Lipinski definition) is 5. The molecule has 2 rings (SSSR count). The first-order valence-electron chi connectivity index (χ1n) is 5.73. The number of anilines is 2. The van der Waals surface area contributed by atoms with Crippen LogP contribution in [0.4, 0.5) is 11.4 Å². The van der Waals surface area contributed by atoms with Crippen molar-refractivity contribution in [3.8, 4) is 6.07 Å². The second-order valence-corrected chi connectivity index (χ2v) is 7.30. The lowest BCUT2D eigenvalue weighted by Crippen LogP contribution is -2.14. The molecule has 20 heavy (non-hydrogen) atoms. The van der Waals surface area contributed by atoms with Crippen molar-refractivity contribution in [3.05, 3.63) is 40.3 Å². The Kier molecular flexibility index (Phi) is 3.70. The number of benzene rings is 1. The molecule has 0 unspecified atom stereocenters. The molecule has 1 aromatic carbocycles. The minimum atomic E-state index is -3.73. The van der Waals surface area contributed by atoms with E-state index in [0.717, 1.165) is 22.5 Å². The number of thiophene rings is 1. The molecule has 0 aliphatic rings. The van der Waals surface area contributed by atoms with Crippen molar-refractivity contribution in [2.75, 3.05) is 10.5 Å². The van der Waals surface area contributed by atoms with Gasteiger partial charge in [0.1, 0.15) is 15.2 Å². The van der Waals surface area contributed by atoms with Crippen LogP contribution in [0.25, 0.3) is 0 Å². The van der Waals surface area contributed by atoms with Crippen LogP contribution in [-0.2, 0) is 10.0 Å². The highest BCUT2D eigenvalue weighted by atomic mass is 32.2. The van der Waals surface area contributed by atoms with Gasteiger partial charge in [-0.1, -0.05) is 6.07 Å². The number of aryl methyl sites for hydroxylation is 1. The Hall–Kier alpha value is -2.04. The minimum Gasteiger partial charge on any atom is -0.397 e. The first kappa shape index (κ1) is 14.4. The van der Waals surface area contributed by atoms with Crippen LogP contribution >= 0.6 is 11.3 Å². The van der Waals surface area contributed by atoms with Crippen LogP contribution < -0.4 is 10.5 Å². The van der Waals surface area contributed by atoms with E-state index in [4.69, 9.17) is 11.0 Å². The number of rotatable bonds is 3. The van der Waals surface area contributed by atoms with Crippen molar-refractivity contribution in [3.63, 3.8) is 0 Å². The van der Waals surface area contributed by atoms with E-state index in [1.807, 2.05) is 19.1 Å². The minimum absolute atomic E-state index is 0.0920. The summed E-state index contributed by atoms with van der Waals surface area (Å²) in [6.07, 6.45) is 0. The van der Waals surface area contributed by atoms with Crippen LogP contribution in [0.1, 0.15) is 16.0 Å². The molecule has 3 N–H and O–H groups in total. The zero-order valence-electron chi connectivity index (χ0n) is 11.0. The van der Waals surface area contributed by atoms with Gasteiger partial charge in [0.2, 0.25) is 0 Å². The fourth-order valence-electron chi connectivity index (χ4n) is 1.68. The predicted octanol–water partition coefficient (Wildman–Crippen LogP) is 2.62. The molecule has 0 atom stereocenters. The van der Waals surface area contributed by atoms with Gasteiger partial charge in [0.05, 0.1) is 11.4 Å². The van der Waals surface area contributed by atoms with Crippen LogP contribution in [0.15, 0.2) is 28.5 Å². The smallest absolute Gasteiger partial charge is 0.271 e. The number of sulfonamides is 1. The summed E-state index contributed by atoms with van der Waals surface area (Å²) < 4.78 is 27.2. The highest BCUT2D eigenvalue weighted by molar-refractivity contribution is 7.94. The maximum atomic E-state index is 12.3. The average molecular weight is 307 g/mol. The number of hydrogen-bond donors (Lipinski definition) is 2. The van der Waals surface area contributed by atoms with Crippen LogP contribution in [-0.4, -0.2) is 8.42 Å². The molecule has 1 heterocycles. The van der Waals surface area contributed by atoms with Crippen molar-refractivity contribution in [2.24, 2.45) is 0 Å². The number of nitrogens with zero attached hydrogens (tertiary/aromatic N) is 1. The lowest BCUT2D eigenvalue weighted by molar-refractivity contribution is 0.603. The Morgan fingerprint density at radius 1 is 1.25 bits per heavy atom. The molecular weight excluding hydrogens is 294 g/mol. The molecule has 0 fully saturated rings. The summed E-state index contributed by atoms with van der Waals surface area (Å²) in [5.74, 6) is 0. The number of nitriles is 1. The molecular formula is C13H13N3O2S2. The molecule has 0 aliphatic carbocycles. The summed E-state index contributed by atoms with van der Waals surface area (Å²) in [7, 11) is -3.73. The first-order valence-corrected chi connectivity index (χ1v) is 8.03. The predicted molar refractivity (Wildman–Crippen MR) is 80.2 cm³/mol. The molecule has 5 nitrogen and oxygen atoms in total. The van der Waals surface area contributed by atoms with E-state index in [2.05, 4.69) is 4.72 Å². The third-order valence-electron chi connectivity index (χ3n) is 2.96. The van der Waals surface area contributed by atoms with E-state index >= 15 is 0 Å². The van der Waals surface area contributed by atoms with Gasteiger partial charge in [-0.25, -0.2) is 8.42 Å². The van der Waals surface area contributed by atoms with Gasteiger partial charge >= 0.3 is 0 Å². The van der Waals surface area contributed by atoms with Gasteiger partial charge in [-0.2, -0.15) is 5.26 Å². The Morgan fingerprint density at radius 3 is 2.55 bits per heavy atom. The summed E-state index contributed by atoms with van der Waals surface area (Å²) in [5.41, 5.74) is 8.31. The summed E-state index contributed by atoms with van der Waals surface area (Å²) >= 11 is 0.923. The number of nitrogens with two attached hydrogens (primary N) is 1. The fraction of sp³-hybridized carbons (Fsp3) is 0.154. The van der Waals surface area contributed by atoms with E-state index in [9.17, 15) is 8.42 Å². The lowest BCUT2D eigenvalue weighted by atomic mass is 10.1. The van der Waals surface area contributed by atoms with Crippen LogP contribution in [0.3, 0.4) is 0 Å². The van der Waals surface area contributed by atoms with Crippen LogP contribution in [0, 0.1) is 25.2 Å². The normalized spacial score (nSPS) is 11.1. The fourth-order valence-corrected chi connectivity index (χ4v) is 3.94. The van der Waals surface area contributed by atoms with Crippen molar-refractivity contribution >= 4 is 32.7 Å². The number of nitrogens with one attached hydrogen (secondary N) is 1. The molecule has 1 aromatic heterocycles. The Balaban J connectivity index is 2.44. The number of nitrogen functional groups attached to an aromatic ring is 1. The molecule has 0 saturated carbocycles. The summed E-state index contributed by atoms with van der Waals surface area (Å²) in [6, 6.07) is 8.30. The molecule has 2 aromatic rings. The molecule has 7 heteroatoms. The van der Waals surface area contributed by atoms with E-state index < -0.39 is 10.0 Å². The Morgan fingerprint density at radius 2 is 1.95 bits per heavy atom. The van der Waals surface area contributed by atoms with Crippen LogP contribution in [0.5, 0.6) is 0 Å². The first-order chi connectivity index (χ1) is 9.35. The van der Waals surface area contributed by atoms with E-state index in [1.165, 1.54) is 12.1 Å². The Bertz CT molecular complexity index is 802. The topological polar surface area (TPSA) is 96.0 Å². The van der Waals surface area contributed by atoms with Gasteiger partial charge < -0.3 is 5.73 Å². The molecule has 0 bridgehead atoms. The van der Waals surface area contributed by atoms with Gasteiger partial charge in [0.25, 0.3) is 10.0 Å². The standard InChI is InChI=1S/C13H13N3O2S2/c1-8-3-5-11(15)13(9(8)2)16-20(17,18)12-6-4-10(7-14)19-12/h3-6,16H,15H2,1-2H3. The molecule has 0 radical (unpaired) electrons. The Labute approximate surface area is 121 Å². The zero-order chi connectivity index (χ0) is 14.9. The van der Waals surface area contributed by atoms with E-state index in [1.54, 1.807) is 13.0 Å². The maximum absolute atomic E-state index is 12.3. The highest BCUT2D eigenvalue weighted by Gasteiger charge is 2.19. The van der Waals surface area contributed by atoms with E-state index in [0.29, 0.717) is 16.3 Å². The van der Waals surface area contributed by atoms with Gasteiger partial charge in [-0.3, -0.25) is 4.72 Å². The molecule has 0 aliphatic heterocycles. The maximum Gasteiger partial charge on any atom is 0.271 e. The zero-order valence-corrected chi connectivity index (χ0v) is 12.6. The van der Waals surface area contributed by atoms with Crippen molar-refractivity contribution < 1.29 is 8.42 Å². The summed E-state index contributed by atoms with van der Waals surface area (Å²) in [6.45, 7) is 3.68. The highest BCUT2D eigenvalue weighted by Crippen LogP contribution is 2.30. The van der Waals surface area contributed by atoms with Crippen LogP contribution in [0.2, 0.25) is 0 Å². The van der Waals surface area contributed by atoms with Gasteiger partial charge in [-0.15, -0.1) is 11.3 Å². The van der Waals surface area contributed by atoms with Gasteiger partial charge in [0, 0.05) is 0 Å². The third-order valence-corrected chi connectivity index (χ3v) is 5.79. The van der Waals surface area contributed by atoms with Gasteiger partial charge in [-0.05, 0) is 43.2 Å². The second-order valence-electron chi connectivity index (χ2n) is 4.31. The SMILES string of the molecule is Cc1ccc(N)c(NS(=O)(=O)c2ccc(C#N)s2)c1C. The molecule has 0 saturated heterocycles. The van der Waals surface area contributed by atoms with Crippen molar-refractivity contribution in [2.45, 2.75) is 18.1 Å². The lowest BCUT2D eigenvalue weighted by Gasteiger charge is -2.13. The van der Waals surface area contributed by atoms with Gasteiger partial charge in [0.15, 0.2) is 0 Å². The van der Waals surface area contributed by atoms with Crippen molar-refractivity contribution in [1.82, 2.24) is 0 Å². The quantitative estimate of drug-likeness (QED) is 0.852. The average Bonchev–Trinajstić information content (AvgIpc) is 2.89. The second kappa shape index (κ2) is 5.15. The monoisotopic (exact) mass is 307 g/mol. The molecule has 104 valence electrons. The largest absolute Gasteiger partial charge is 0.397 e. The molecule has 0 spiro atoms. The summed E-state index contributed by atoms with van der Waals surface area (Å²) in [4.78, 5) is 0.347. The third kappa shape index (κ3) is 2.61. The van der Waals surface area contributed by atoms with E-state index in [-0.39, 0.29) is 4.21 Å². The summed E-state index contributed by atoms with van der Waals surface area (Å²) in [5, 5.41) is 8.76.